The molecular formula is C26H25N3O2S. The number of nitrogens with zero attached hydrogens (tertiary/aromatic N) is 2. The van der Waals surface area contributed by atoms with E-state index in [4.69, 9.17) is 14.7 Å². The first kappa shape index (κ1) is 20.8. The van der Waals surface area contributed by atoms with Crippen LogP contribution in [-0.4, -0.2) is 32.6 Å². The Balaban J connectivity index is 1.41. The fourth-order valence-electron chi connectivity index (χ4n) is 4.04. The topological polar surface area (TPSA) is 64.1 Å². The lowest BCUT2D eigenvalue weighted by molar-refractivity contribution is 0.0992. The van der Waals surface area contributed by atoms with Crippen LogP contribution in [0.5, 0.6) is 0 Å². The van der Waals surface area contributed by atoms with Crippen molar-refractivity contribution in [1.82, 2.24) is 9.97 Å². The molecule has 1 aliphatic rings. The van der Waals surface area contributed by atoms with E-state index in [0.717, 1.165) is 46.3 Å². The molecule has 6 heteroatoms. The molecule has 1 fully saturated rings. The lowest BCUT2D eigenvalue weighted by Gasteiger charge is -2.21. The van der Waals surface area contributed by atoms with Crippen LogP contribution in [0.25, 0.3) is 22.2 Å². The molecule has 1 saturated heterocycles. The number of hydrogen-bond donors (Lipinski definition) is 1. The SMILES string of the molecule is O=S(Cc1cccc(Nc2nc(-c3ccccc3)c3ccccc3n2)c1)C1CCOCC1. The molecule has 5 nitrogen and oxygen atoms in total. The number of fused-ring (bicyclic) bond motifs is 1. The zero-order chi connectivity index (χ0) is 21.8. The van der Waals surface area contributed by atoms with Gasteiger partial charge in [-0.15, -0.1) is 0 Å². The van der Waals surface area contributed by atoms with Crippen LogP contribution in [0.4, 0.5) is 11.6 Å². The van der Waals surface area contributed by atoms with Crippen molar-refractivity contribution < 1.29 is 8.95 Å². The first-order valence-electron chi connectivity index (χ1n) is 10.9. The highest BCUT2D eigenvalue weighted by molar-refractivity contribution is 7.84. The third-order valence-corrected chi connectivity index (χ3v) is 7.52. The van der Waals surface area contributed by atoms with Gasteiger partial charge in [-0.1, -0.05) is 60.7 Å². The van der Waals surface area contributed by atoms with E-state index < -0.39 is 10.8 Å². The van der Waals surface area contributed by atoms with E-state index in [1.54, 1.807) is 0 Å². The van der Waals surface area contributed by atoms with Crippen LogP contribution in [0.1, 0.15) is 18.4 Å². The summed E-state index contributed by atoms with van der Waals surface area (Å²) in [7, 11) is -0.898. The molecular weight excluding hydrogens is 418 g/mol. The molecule has 32 heavy (non-hydrogen) atoms. The van der Waals surface area contributed by atoms with E-state index in [2.05, 4.69) is 17.4 Å². The van der Waals surface area contributed by atoms with Gasteiger partial charge in [-0.3, -0.25) is 4.21 Å². The largest absolute Gasteiger partial charge is 0.381 e. The van der Waals surface area contributed by atoms with Gasteiger partial charge >= 0.3 is 0 Å². The smallest absolute Gasteiger partial charge is 0.228 e. The van der Waals surface area contributed by atoms with Crippen LogP contribution in [0, 0.1) is 0 Å². The summed E-state index contributed by atoms with van der Waals surface area (Å²) >= 11 is 0. The van der Waals surface area contributed by atoms with Gasteiger partial charge < -0.3 is 10.1 Å². The van der Waals surface area contributed by atoms with Crippen molar-refractivity contribution >= 4 is 33.3 Å². The standard InChI is InChI=1S/C26H25N3O2S/c30-32(22-13-15-31-16-14-22)18-19-7-6-10-21(17-19)27-26-28-24-12-5-4-11-23(24)25(29-26)20-8-2-1-3-9-20/h1-12,17,22H,13-16,18H2,(H,27,28,29). The highest BCUT2D eigenvalue weighted by atomic mass is 32.2. The van der Waals surface area contributed by atoms with Crippen LogP contribution < -0.4 is 5.32 Å². The minimum Gasteiger partial charge on any atom is -0.381 e. The van der Waals surface area contributed by atoms with E-state index in [1.807, 2.05) is 66.7 Å². The number of hydrogen-bond acceptors (Lipinski definition) is 5. The van der Waals surface area contributed by atoms with Crippen LogP contribution in [0.15, 0.2) is 78.9 Å². The number of nitrogens with one attached hydrogen (secondary N) is 1. The number of para-hydroxylation sites is 1. The number of aromatic nitrogens is 2. The van der Waals surface area contributed by atoms with Gasteiger partial charge in [0.05, 0.1) is 11.2 Å². The highest BCUT2D eigenvalue weighted by Crippen LogP contribution is 2.28. The Hall–Kier alpha value is -3.09. The Kier molecular flexibility index (Phi) is 6.23. The molecule has 162 valence electrons. The van der Waals surface area contributed by atoms with E-state index >= 15 is 0 Å². The van der Waals surface area contributed by atoms with E-state index in [-0.39, 0.29) is 5.25 Å². The number of ether oxygens (including phenoxy) is 1. The second kappa shape index (κ2) is 9.59. The summed E-state index contributed by atoms with van der Waals surface area (Å²) in [5.41, 5.74) is 4.77. The van der Waals surface area contributed by atoms with Crippen LogP contribution in [-0.2, 0) is 21.3 Å². The van der Waals surface area contributed by atoms with Gasteiger partial charge in [0.25, 0.3) is 0 Å². The lowest BCUT2D eigenvalue weighted by atomic mass is 10.1. The van der Waals surface area contributed by atoms with Gasteiger partial charge in [0.2, 0.25) is 5.95 Å². The summed E-state index contributed by atoms with van der Waals surface area (Å²) in [6.07, 6.45) is 1.75. The molecule has 0 aliphatic carbocycles. The molecule has 1 atom stereocenters. The Morgan fingerprint density at radius 1 is 0.906 bits per heavy atom. The molecule has 1 aromatic heterocycles. The highest BCUT2D eigenvalue weighted by Gasteiger charge is 2.20. The quantitative estimate of drug-likeness (QED) is 0.428. The maximum atomic E-state index is 12.8. The molecule has 5 rings (SSSR count). The monoisotopic (exact) mass is 443 g/mol. The van der Waals surface area contributed by atoms with Crippen molar-refractivity contribution in [3.8, 4) is 11.3 Å². The summed E-state index contributed by atoms with van der Waals surface area (Å²) in [4.78, 5) is 9.56. The zero-order valence-electron chi connectivity index (χ0n) is 17.7. The first-order valence-corrected chi connectivity index (χ1v) is 12.3. The molecule has 0 amide bonds. The molecule has 0 bridgehead atoms. The molecule has 0 saturated carbocycles. The molecule has 1 aliphatic heterocycles. The van der Waals surface area contributed by atoms with Crippen molar-refractivity contribution in [1.29, 1.82) is 0 Å². The van der Waals surface area contributed by atoms with E-state index in [1.165, 1.54) is 0 Å². The summed E-state index contributed by atoms with van der Waals surface area (Å²) in [6.45, 7) is 1.42. The second-order valence-electron chi connectivity index (χ2n) is 7.94. The third-order valence-electron chi connectivity index (χ3n) is 5.68. The van der Waals surface area contributed by atoms with Gasteiger partial charge in [0, 0.05) is 51.7 Å². The Labute approximate surface area is 190 Å². The summed E-state index contributed by atoms with van der Waals surface area (Å²) in [5.74, 6) is 1.10. The number of anilines is 2. The maximum Gasteiger partial charge on any atom is 0.228 e. The van der Waals surface area contributed by atoms with Gasteiger partial charge in [-0.2, -0.15) is 0 Å². The van der Waals surface area contributed by atoms with Gasteiger partial charge in [0.1, 0.15) is 0 Å². The minimum absolute atomic E-state index is 0.220. The van der Waals surface area contributed by atoms with E-state index in [9.17, 15) is 4.21 Å². The molecule has 1 unspecified atom stereocenters. The normalized spacial score (nSPS) is 15.5. The molecule has 0 radical (unpaired) electrons. The molecule has 3 aromatic carbocycles. The Bertz CT molecular complexity index is 1240. The lowest BCUT2D eigenvalue weighted by Crippen LogP contribution is -2.25. The number of rotatable bonds is 6. The van der Waals surface area contributed by atoms with Crippen molar-refractivity contribution in [2.75, 3.05) is 18.5 Å². The fourth-order valence-corrected chi connectivity index (χ4v) is 5.50. The third kappa shape index (κ3) is 4.71. The summed E-state index contributed by atoms with van der Waals surface area (Å²) < 4.78 is 18.2. The Morgan fingerprint density at radius 3 is 2.53 bits per heavy atom. The van der Waals surface area contributed by atoms with Crippen LogP contribution >= 0.6 is 0 Å². The predicted octanol–water partition coefficient (Wildman–Crippen LogP) is 5.47. The first-order chi connectivity index (χ1) is 15.8. The second-order valence-corrected chi connectivity index (χ2v) is 9.66. The average molecular weight is 444 g/mol. The summed E-state index contributed by atoms with van der Waals surface area (Å²) in [6, 6.07) is 26.2. The molecule has 1 N–H and O–H groups in total. The van der Waals surface area contributed by atoms with Crippen molar-refractivity contribution in [2.45, 2.75) is 23.8 Å². The summed E-state index contributed by atoms with van der Waals surface area (Å²) in [5, 5.41) is 4.60. The molecule has 4 aromatic rings. The van der Waals surface area contributed by atoms with Crippen LogP contribution in [0.2, 0.25) is 0 Å². The maximum absolute atomic E-state index is 12.8. The Morgan fingerprint density at radius 2 is 1.69 bits per heavy atom. The van der Waals surface area contributed by atoms with E-state index in [0.29, 0.717) is 24.9 Å². The van der Waals surface area contributed by atoms with Crippen molar-refractivity contribution in [2.24, 2.45) is 0 Å². The van der Waals surface area contributed by atoms with Gasteiger partial charge in [0.15, 0.2) is 0 Å². The van der Waals surface area contributed by atoms with Crippen molar-refractivity contribution in [3.05, 3.63) is 84.4 Å². The van der Waals surface area contributed by atoms with Crippen LogP contribution in [0.3, 0.4) is 0 Å². The predicted molar refractivity (Wildman–Crippen MR) is 130 cm³/mol. The van der Waals surface area contributed by atoms with Crippen molar-refractivity contribution in [3.63, 3.8) is 0 Å². The zero-order valence-corrected chi connectivity index (χ0v) is 18.6. The average Bonchev–Trinajstić information content (AvgIpc) is 2.85. The molecule has 2 heterocycles. The minimum atomic E-state index is -0.898. The van der Waals surface area contributed by atoms with Gasteiger partial charge in [-0.05, 0) is 36.6 Å². The number of benzene rings is 3. The molecule has 0 spiro atoms. The van der Waals surface area contributed by atoms with Gasteiger partial charge in [-0.25, -0.2) is 9.97 Å². The fraction of sp³-hybridized carbons (Fsp3) is 0.231.